The molecule has 0 radical (unpaired) electrons. The van der Waals surface area contributed by atoms with Gasteiger partial charge in [-0.15, -0.1) is 10.2 Å². The molecular weight excluding hydrogens is 296 g/mol. The average Bonchev–Trinajstić information content (AvgIpc) is 3.17. The Morgan fingerprint density at radius 3 is 2.60 bits per heavy atom. The van der Waals surface area contributed by atoms with Crippen LogP contribution in [-0.2, 0) is 10.0 Å². The summed E-state index contributed by atoms with van der Waals surface area (Å²) in [5, 5.41) is 8.82. The van der Waals surface area contributed by atoms with E-state index in [1.807, 2.05) is 0 Å². The van der Waals surface area contributed by atoms with Crippen LogP contribution in [0.5, 0.6) is 0 Å². The van der Waals surface area contributed by atoms with Gasteiger partial charge in [0.25, 0.3) is 0 Å². The molecule has 1 aromatic heterocycles. The molecule has 0 amide bonds. The highest BCUT2D eigenvalue weighted by atomic mass is 32.2. The third-order valence-corrected chi connectivity index (χ3v) is 7.21. The lowest BCUT2D eigenvalue weighted by Crippen LogP contribution is -2.40. The van der Waals surface area contributed by atoms with E-state index in [1.54, 1.807) is 28.2 Å². The predicted octanol–water partition coefficient (Wildman–Crippen LogP) is 1.18. The minimum absolute atomic E-state index is 0.103. The van der Waals surface area contributed by atoms with E-state index >= 15 is 0 Å². The maximum atomic E-state index is 12.1. The van der Waals surface area contributed by atoms with Crippen molar-refractivity contribution in [2.75, 3.05) is 31.6 Å². The van der Waals surface area contributed by atoms with E-state index < -0.39 is 10.0 Å². The SMILES string of the molecule is CN(CC1CCN(c2nncs2)CC1)S(=O)(=O)C1CC1. The summed E-state index contributed by atoms with van der Waals surface area (Å²) in [7, 11) is -1.30. The predicted molar refractivity (Wildman–Crippen MR) is 79.4 cm³/mol. The topological polar surface area (TPSA) is 66.4 Å². The second kappa shape index (κ2) is 5.57. The fraction of sp³-hybridized carbons (Fsp3) is 0.833. The number of nitrogens with zero attached hydrogens (tertiary/aromatic N) is 4. The fourth-order valence-corrected chi connectivity index (χ4v) is 4.97. The summed E-state index contributed by atoms with van der Waals surface area (Å²) >= 11 is 1.56. The zero-order chi connectivity index (χ0) is 14.2. The minimum atomic E-state index is -3.02. The number of rotatable bonds is 5. The molecule has 1 aliphatic heterocycles. The monoisotopic (exact) mass is 316 g/mol. The molecule has 2 aliphatic rings. The summed E-state index contributed by atoms with van der Waals surface area (Å²) in [6.45, 7) is 2.54. The number of aromatic nitrogens is 2. The Kier molecular flexibility index (Phi) is 3.96. The number of sulfonamides is 1. The first-order valence-corrected chi connectivity index (χ1v) is 9.42. The van der Waals surface area contributed by atoms with Crippen LogP contribution in [0.25, 0.3) is 0 Å². The zero-order valence-corrected chi connectivity index (χ0v) is 13.2. The van der Waals surface area contributed by atoms with Crippen molar-refractivity contribution in [2.24, 2.45) is 5.92 Å². The van der Waals surface area contributed by atoms with Crippen molar-refractivity contribution in [1.29, 1.82) is 0 Å². The van der Waals surface area contributed by atoms with E-state index in [9.17, 15) is 8.42 Å². The summed E-state index contributed by atoms with van der Waals surface area (Å²) in [5.74, 6) is 0.456. The van der Waals surface area contributed by atoms with Crippen LogP contribution in [0.15, 0.2) is 5.51 Å². The molecule has 0 unspecified atom stereocenters. The average molecular weight is 316 g/mol. The lowest BCUT2D eigenvalue weighted by molar-refractivity contribution is 0.327. The summed E-state index contributed by atoms with van der Waals surface area (Å²) in [6.07, 6.45) is 3.71. The van der Waals surface area contributed by atoms with Crippen LogP contribution >= 0.6 is 11.3 Å². The highest BCUT2D eigenvalue weighted by Crippen LogP contribution is 2.32. The molecule has 2 heterocycles. The molecule has 6 nitrogen and oxygen atoms in total. The van der Waals surface area contributed by atoms with Gasteiger partial charge in [0.05, 0.1) is 5.25 Å². The Hall–Kier alpha value is -0.730. The maximum absolute atomic E-state index is 12.1. The standard InChI is InChI=1S/C12H20N4O2S2/c1-15(20(17,18)11-2-3-11)8-10-4-6-16(7-5-10)12-14-13-9-19-12/h9-11H,2-8H2,1H3. The second-order valence-corrected chi connectivity index (χ2v) is 8.81. The van der Waals surface area contributed by atoms with Crippen LogP contribution in [-0.4, -0.2) is 54.9 Å². The molecule has 2 fully saturated rings. The Morgan fingerprint density at radius 1 is 1.35 bits per heavy atom. The summed E-state index contributed by atoms with van der Waals surface area (Å²) < 4.78 is 25.8. The van der Waals surface area contributed by atoms with Crippen LogP contribution in [0.1, 0.15) is 25.7 Å². The lowest BCUT2D eigenvalue weighted by atomic mass is 9.97. The second-order valence-electron chi connectivity index (χ2n) is 5.68. The zero-order valence-electron chi connectivity index (χ0n) is 11.6. The van der Waals surface area contributed by atoms with E-state index in [4.69, 9.17) is 0 Å². The number of hydrogen-bond donors (Lipinski definition) is 0. The largest absolute Gasteiger partial charge is 0.347 e. The molecule has 3 rings (SSSR count). The van der Waals surface area contributed by atoms with Crippen LogP contribution in [0.4, 0.5) is 5.13 Å². The van der Waals surface area contributed by atoms with Crippen LogP contribution < -0.4 is 4.90 Å². The molecule has 1 saturated carbocycles. The Bertz CT molecular complexity index is 534. The summed E-state index contributed by atoms with van der Waals surface area (Å²) in [6, 6.07) is 0. The van der Waals surface area contributed by atoms with E-state index in [2.05, 4.69) is 15.1 Å². The molecule has 0 bridgehead atoms. The maximum Gasteiger partial charge on any atom is 0.216 e. The molecular formula is C12H20N4O2S2. The van der Waals surface area contributed by atoms with Gasteiger partial charge in [0.15, 0.2) is 0 Å². The lowest BCUT2D eigenvalue weighted by Gasteiger charge is -2.33. The first kappa shape index (κ1) is 14.2. The summed E-state index contributed by atoms with van der Waals surface area (Å²) in [4.78, 5) is 2.24. The summed E-state index contributed by atoms with van der Waals surface area (Å²) in [5.41, 5.74) is 1.75. The molecule has 0 atom stereocenters. The normalized spacial score (nSPS) is 21.6. The van der Waals surface area contributed by atoms with Gasteiger partial charge in [-0.05, 0) is 31.6 Å². The van der Waals surface area contributed by atoms with Gasteiger partial charge < -0.3 is 4.90 Å². The quantitative estimate of drug-likeness (QED) is 0.816. The van der Waals surface area contributed by atoms with Crippen LogP contribution in [0, 0.1) is 5.92 Å². The van der Waals surface area contributed by atoms with Crippen molar-refractivity contribution in [3.8, 4) is 0 Å². The van der Waals surface area contributed by atoms with Crippen molar-refractivity contribution in [1.82, 2.24) is 14.5 Å². The van der Waals surface area contributed by atoms with Crippen molar-refractivity contribution < 1.29 is 8.42 Å². The van der Waals surface area contributed by atoms with Gasteiger partial charge in [-0.2, -0.15) is 0 Å². The molecule has 112 valence electrons. The smallest absolute Gasteiger partial charge is 0.216 e. The molecule has 0 N–H and O–H groups in total. The fourth-order valence-electron chi connectivity index (χ4n) is 2.70. The van der Waals surface area contributed by atoms with Gasteiger partial charge in [0.1, 0.15) is 5.51 Å². The third-order valence-electron chi connectivity index (χ3n) is 4.13. The van der Waals surface area contributed by atoms with E-state index in [1.165, 1.54) is 0 Å². The van der Waals surface area contributed by atoms with Crippen molar-refractivity contribution in [3.05, 3.63) is 5.51 Å². The van der Waals surface area contributed by atoms with Crippen LogP contribution in [0.3, 0.4) is 0 Å². The minimum Gasteiger partial charge on any atom is -0.347 e. The van der Waals surface area contributed by atoms with Gasteiger partial charge in [0.2, 0.25) is 15.2 Å². The van der Waals surface area contributed by atoms with E-state index in [0.717, 1.165) is 43.9 Å². The Morgan fingerprint density at radius 2 is 2.05 bits per heavy atom. The van der Waals surface area contributed by atoms with Gasteiger partial charge in [0, 0.05) is 26.7 Å². The van der Waals surface area contributed by atoms with Gasteiger partial charge in [-0.25, -0.2) is 12.7 Å². The molecule has 8 heteroatoms. The van der Waals surface area contributed by atoms with Gasteiger partial charge >= 0.3 is 0 Å². The van der Waals surface area contributed by atoms with Crippen LogP contribution in [0.2, 0.25) is 0 Å². The van der Waals surface area contributed by atoms with Crippen molar-refractivity contribution >= 4 is 26.5 Å². The molecule has 1 aromatic rings. The van der Waals surface area contributed by atoms with E-state index in [0.29, 0.717) is 12.5 Å². The molecule has 20 heavy (non-hydrogen) atoms. The van der Waals surface area contributed by atoms with Gasteiger partial charge in [-0.1, -0.05) is 11.3 Å². The van der Waals surface area contributed by atoms with Gasteiger partial charge in [-0.3, -0.25) is 0 Å². The Labute approximate surface area is 123 Å². The highest BCUT2D eigenvalue weighted by Gasteiger charge is 2.39. The van der Waals surface area contributed by atoms with E-state index in [-0.39, 0.29) is 5.25 Å². The van der Waals surface area contributed by atoms with Crippen molar-refractivity contribution in [2.45, 2.75) is 30.9 Å². The molecule has 1 saturated heterocycles. The number of hydrogen-bond acceptors (Lipinski definition) is 6. The first-order valence-electron chi connectivity index (χ1n) is 7.03. The molecule has 0 spiro atoms. The third kappa shape index (κ3) is 2.96. The number of anilines is 1. The molecule has 1 aliphatic carbocycles. The molecule has 0 aromatic carbocycles. The first-order chi connectivity index (χ1) is 9.57. The number of piperidine rings is 1. The van der Waals surface area contributed by atoms with Crippen molar-refractivity contribution in [3.63, 3.8) is 0 Å². The highest BCUT2D eigenvalue weighted by molar-refractivity contribution is 7.90. The Balaban J connectivity index is 1.51.